The normalized spacial score (nSPS) is 16.5. The van der Waals surface area contributed by atoms with Crippen LogP contribution in [-0.4, -0.2) is 75.7 Å². The molecule has 2 aromatic carbocycles. The molecule has 7 nitrogen and oxygen atoms in total. The van der Waals surface area contributed by atoms with Crippen LogP contribution in [0.2, 0.25) is 0 Å². The minimum absolute atomic E-state index is 0.0248. The zero-order chi connectivity index (χ0) is 23.3. The minimum Gasteiger partial charge on any atom is -0.335 e. The first-order valence-corrected chi connectivity index (χ1v) is 12.2. The fourth-order valence-electron chi connectivity index (χ4n) is 4.79. The summed E-state index contributed by atoms with van der Waals surface area (Å²) in [6, 6.07) is 20.1. The van der Waals surface area contributed by atoms with E-state index in [-0.39, 0.29) is 11.9 Å². The third-order valence-electron chi connectivity index (χ3n) is 6.69. The molecule has 0 spiro atoms. The summed E-state index contributed by atoms with van der Waals surface area (Å²) < 4.78 is 1.85. The molecule has 2 saturated heterocycles. The molecule has 2 aliphatic rings. The molecule has 2 aliphatic heterocycles. The topological polar surface area (TPSA) is 61.7 Å². The molecular formula is C27H31N5O2. The van der Waals surface area contributed by atoms with Gasteiger partial charge in [0.25, 0.3) is 5.91 Å². The lowest BCUT2D eigenvalue weighted by Gasteiger charge is -2.38. The Labute approximate surface area is 200 Å². The Morgan fingerprint density at radius 3 is 1.97 bits per heavy atom. The quantitative estimate of drug-likeness (QED) is 0.596. The minimum atomic E-state index is -0.0248. The molecule has 0 bridgehead atoms. The van der Waals surface area contributed by atoms with Gasteiger partial charge in [-0.05, 0) is 24.8 Å². The molecule has 0 N–H and O–H groups in total. The average Bonchev–Trinajstić information content (AvgIpc) is 3.33. The molecular weight excluding hydrogens is 426 g/mol. The van der Waals surface area contributed by atoms with Crippen LogP contribution in [0.5, 0.6) is 0 Å². The highest BCUT2D eigenvalue weighted by atomic mass is 16.2. The van der Waals surface area contributed by atoms with E-state index in [2.05, 4.69) is 12.1 Å². The van der Waals surface area contributed by atoms with E-state index in [9.17, 15) is 9.59 Å². The van der Waals surface area contributed by atoms with Gasteiger partial charge in [0.05, 0.1) is 12.1 Å². The highest BCUT2D eigenvalue weighted by Gasteiger charge is 2.30. The van der Waals surface area contributed by atoms with Gasteiger partial charge in [-0.3, -0.25) is 9.48 Å². The Morgan fingerprint density at radius 2 is 1.29 bits per heavy atom. The van der Waals surface area contributed by atoms with Crippen LogP contribution in [0.4, 0.5) is 4.79 Å². The Balaban J connectivity index is 1.32. The first-order valence-electron chi connectivity index (χ1n) is 12.2. The first kappa shape index (κ1) is 22.2. The third kappa shape index (κ3) is 4.83. The van der Waals surface area contributed by atoms with Gasteiger partial charge in [0, 0.05) is 51.0 Å². The highest BCUT2D eigenvalue weighted by Crippen LogP contribution is 2.24. The molecule has 0 unspecified atom stereocenters. The number of carbonyl (C=O) groups excluding carboxylic acids is 2. The predicted octanol–water partition coefficient (Wildman–Crippen LogP) is 3.96. The Kier molecular flexibility index (Phi) is 6.60. The molecule has 176 valence electrons. The number of aromatic nitrogens is 2. The van der Waals surface area contributed by atoms with E-state index in [4.69, 9.17) is 5.10 Å². The van der Waals surface area contributed by atoms with Crippen LogP contribution in [0.25, 0.3) is 11.3 Å². The molecule has 0 aliphatic carbocycles. The van der Waals surface area contributed by atoms with Gasteiger partial charge in [-0.25, -0.2) is 4.79 Å². The predicted molar refractivity (Wildman–Crippen MR) is 132 cm³/mol. The van der Waals surface area contributed by atoms with E-state index in [1.807, 2.05) is 74.1 Å². The number of hydrogen-bond acceptors (Lipinski definition) is 3. The summed E-state index contributed by atoms with van der Waals surface area (Å²) in [5, 5.41) is 4.79. The fourth-order valence-corrected chi connectivity index (χ4v) is 4.79. The van der Waals surface area contributed by atoms with Gasteiger partial charge in [-0.15, -0.1) is 0 Å². The van der Waals surface area contributed by atoms with Crippen LogP contribution in [0.15, 0.2) is 66.9 Å². The van der Waals surface area contributed by atoms with Crippen molar-refractivity contribution < 1.29 is 9.59 Å². The van der Waals surface area contributed by atoms with Crippen molar-refractivity contribution in [3.05, 3.63) is 78.0 Å². The largest absolute Gasteiger partial charge is 0.335 e. The number of carbonyl (C=O) groups is 2. The number of amides is 3. The van der Waals surface area contributed by atoms with Crippen molar-refractivity contribution in [1.82, 2.24) is 24.5 Å². The zero-order valence-electron chi connectivity index (χ0n) is 19.5. The van der Waals surface area contributed by atoms with Crippen LogP contribution in [0.3, 0.4) is 0 Å². The average molecular weight is 458 g/mol. The number of piperazine rings is 1. The molecule has 3 amide bonds. The summed E-state index contributed by atoms with van der Waals surface area (Å²) in [6.07, 6.45) is 5.23. The van der Waals surface area contributed by atoms with Gasteiger partial charge < -0.3 is 14.7 Å². The van der Waals surface area contributed by atoms with Crippen LogP contribution in [-0.2, 0) is 6.54 Å². The van der Waals surface area contributed by atoms with E-state index in [1.54, 1.807) is 0 Å². The van der Waals surface area contributed by atoms with Crippen LogP contribution >= 0.6 is 0 Å². The Hall–Kier alpha value is -3.61. The molecule has 0 saturated carbocycles. The molecule has 3 heterocycles. The van der Waals surface area contributed by atoms with E-state index >= 15 is 0 Å². The lowest BCUT2D eigenvalue weighted by molar-refractivity contribution is 0.0633. The Morgan fingerprint density at radius 1 is 0.706 bits per heavy atom. The van der Waals surface area contributed by atoms with Crippen LogP contribution in [0.1, 0.15) is 35.2 Å². The number of urea groups is 1. The maximum absolute atomic E-state index is 13.6. The molecule has 2 fully saturated rings. The first-order chi connectivity index (χ1) is 16.7. The number of likely N-dealkylation sites (tertiary alicyclic amines) is 1. The molecule has 5 rings (SSSR count). The smallest absolute Gasteiger partial charge is 0.320 e. The Bertz CT molecular complexity index is 1110. The van der Waals surface area contributed by atoms with Gasteiger partial charge in [0.1, 0.15) is 5.69 Å². The van der Waals surface area contributed by atoms with Crippen LogP contribution in [0, 0.1) is 0 Å². The number of nitrogens with zero attached hydrogens (tertiary/aromatic N) is 5. The number of piperidine rings is 1. The van der Waals surface area contributed by atoms with Gasteiger partial charge in [-0.1, -0.05) is 60.7 Å². The summed E-state index contributed by atoms with van der Waals surface area (Å²) in [4.78, 5) is 32.2. The van der Waals surface area contributed by atoms with Gasteiger partial charge in [0.15, 0.2) is 0 Å². The summed E-state index contributed by atoms with van der Waals surface area (Å²) in [5.74, 6) is -0.0248. The monoisotopic (exact) mass is 457 g/mol. The van der Waals surface area contributed by atoms with Crippen molar-refractivity contribution in [2.45, 2.75) is 25.8 Å². The van der Waals surface area contributed by atoms with Crippen molar-refractivity contribution in [2.75, 3.05) is 39.3 Å². The highest BCUT2D eigenvalue weighted by molar-refractivity contribution is 6.00. The van der Waals surface area contributed by atoms with Crippen molar-refractivity contribution in [3.8, 4) is 11.3 Å². The van der Waals surface area contributed by atoms with Crippen molar-refractivity contribution in [1.29, 1.82) is 0 Å². The molecule has 0 radical (unpaired) electrons. The number of benzene rings is 2. The summed E-state index contributed by atoms with van der Waals surface area (Å²) >= 11 is 0. The van der Waals surface area contributed by atoms with Crippen molar-refractivity contribution in [2.24, 2.45) is 0 Å². The number of hydrogen-bond donors (Lipinski definition) is 0. The molecule has 0 atom stereocenters. The molecule has 3 aromatic rings. The number of rotatable bonds is 4. The summed E-state index contributed by atoms with van der Waals surface area (Å²) in [6.45, 7) is 4.51. The second-order valence-corrected chi connectivity index (χ2v) is 9.05. The summed E-state index contributed by atoms with van der Waals surface area (Å²) in [7, 11) is 0. The van der Waals surface area contributed by atoms with E-state index < -0.39 is 0 Å². The molecule has 7 heteroatoms. The summed E-state index contributed by atoms with van der Waals surface area (Å²) in [5.41, 5.74) is 3.37. The van der Waals surface area contributed by atoms with Gasteiger partial charge in [-0.2, -0.15) is 5.10 Å². The van der Waals surface area contributed by atoms with Crippen LogP contribution < -0.4 is 0 Å². The van der Waals surface area contributed by atoms with Crippen molar-refractivity contribution in [3.63, 3.8) is 0 Å². The van der Waals surface area contributed by atoms with Crippen molar-refractivity contribution >= 4 is 11.9 Å². The van der Waals surface area contributed by atoms with Gasteiger partial charge in [0.2, 0.25) is 0 Å². The lowest BCUT2D eigenvalue weighted by Crippen LogP contribution is -2.54. The SMILES string of the molecule is O=C(c1cn(Cc2ccccc2)nc1-c1ccccc1)N1CCN(C(=O)N2CCCCC2)CC1. The van der Waals surface area contributed by atoms with Gasteiger partial charge >= 0.3 is 6.03 Å². The molecule has 34 heavy (non-hydrogen) atoms. The zero-order valence-corrected chi connectivity index (χ0v) is 19.5. The third-order valence-corrected chi connectivity index (χ3v) is 6.69. The van der Waals surface area contributed by atoms with E-state index in [0.717, 1.165) is 37.1 Å². The standard InChI is InChI=1S/C27H31N5O2/c33-26(29-16-18-31(19-17-29)27(34)30-14-8-3-9-15-30)24-21-32(20-22-10-4-1-5-11-22)28-25(24)23-12-6-2-7-13-23/h1-2,4-7,10-13,21H,3,8-9,14-20H2. The maximum atomic E-state index is 13.6. The molecule has 1 aromatic heterocycles. The fraction of sp³-hybridized carbons (Fsp3) is 0.370. The second kappa shape index (κ2) is 10.1. The second-order valence-electron chi connectivity index (χ2n) is 9.05. The van der Waals surface area contributed by atoms with E-state index in [0.29, 0.717) is 44.0 Å². The lowest BCUT2D eigenvalue weighted by atomic mass is 10.1. The van der Waals surface area contributed by atoms with E-state index in [1.165, 1.54) is 6.42 Å². The maximum Gasteiger partial charge on any atom is 0.320 e.